The van der Waals surface area contributed by atoms with E-state index in [0.717, 1.165) is 24.9 Å². The highest BCUT2D eigenvalue weighted by molar-refractivity contribution is 7.05. The molecule has 2 saturated carbocycles. The fourth-order valence-electron chi connectivity index (χ4n) is 3.17. The van der Waals surface area contributed by atoms with Gasteiger partial charge in [0, 0.05) is 5.92 Å². The molecule has 3 rings (SSSR count). The van der Waals surface area contributed by atoms with Crippen molar-refractivity contribution < 1.29 is 4.74 Å². The third-order valence-electron chi connectivity index (χ3n) is 3.91. The second-order valence-electron chi connectivity index (χ2n) is 5.05. The topological polar surface area (TPSA) is 35.0 Å². The van der Waals surface area contributed by atoms with E-state index >= 15 is 0 Å². The van der Waals surface area contributed by atoms with E-state index in [1.807, 2.05) is 0 Å². The molecule has 88 valence electrons. The van der Waals surface area contributed by atoms with Crippen LogP contribution in [-0.2, 0) is 0 Å². The number of nitrogens with zero attached hydrogens (tertiary/aromatic N) is 2. The molecule has 3 atom stereocenters. The largest absolute Gasteiger partial charge is 0.463 e. The van der Waals surface area contributed by atoms with Crippen molar-refractivity contribution in [3.8, 4) is 6.01 Å². The Bertz CT molecular complexity index is 366. The van der Waals surface area contributed by atoms with Crippen LogP contribution in [0.1, 0.15) is 50.0 Å². The zero-order chi connectivity index (χ0) is 11.0. The van der Waals surface area contributed by atoms with Crippen LogP contribution >= 0.6 is 11.5 Å². The molecule has 1 heterocycles. The van der Waals surface area contributed by atoms with E-state index in [1.165, 1.54) is 30.7 Å². The van der Waals surface area contributed by atoms with Crippen LogP contribution in [0.15, 0.2) is 0 Å². The Labute approximate surface area is 100 Å². The quantitative estimate of drug-likeness (QED) is 0.807. The Morgan fingerprint density at radius 2 is 2.31 bits per heavy atom. The summed E-state index contributed by atoms with van der Waals surface area (Å²) >= 11 is 1.55. The van der Waals surface area contributed by atoms with Gasteiger partial charge in [0.05, 0.1) is 6.61 Å². The van der Waals surface area contributed by atoms with Gasteiger partial charge >= 0.3 is 6.01 Å². The Morgan fingerprint density at radius 3 is 3.00 bits per heavy atom. The summed E-state index contributed by atoms with van der Waals surface area (Å²) in [5, 5.41) is 1.22. The minimum atomic E-state index is 0.602. The summed E-state index contributed by atoms with van der Waals surface area (Å²) in [6.07, 6.45) is 6.63. The summed E-state index contributed by atoms with van der Waals surface area (Å²) in [5.74, 6) is 2.55. The Balaban J connectivity index is 1.68. The average Bonchev–Trinajstić information content (AvgIpc) is 3.01. The molecule has 3 nitrogen and oxygen atoms in total. The van der Waals surface area contributed by atoms with Gasteiger partial charge < -0.3 is 4.74 Å². The van der Waals surface area contributed by atoms with Crippen molar-refractivity contribution in [2.45, 2.75) is 44.9 Å². The van der Waals surface area contributed by atoms with Crippen molar-refractivity contribution >= 4 is 11.5 Å². The predicted molar refractivity (Wildman–Crippen MR) is 63.9 cm³/mol. The van der Waals surface area contributed by atoms with Crippen molar-refractivity contribution in [2.24, 2.45) is 11.8 Å². The first-order valence-corrected chi connectivity index (χ1v) is 7.10. The van der Waals surface area contributed by atoms with Crippen LogP contribution in [0.5, 0.6) is 6.01 Å². The fourth-order valence-corrected chi connectivity index (χ4v) is 3.98. The summed E-state index contributed by atoms with van der Waals surface area (Å²) in [6.45, 7) is 2.83. The van der Waals surface area contributed by atoms with Crippen LogP contribution in [-0.4, -0.2) is 16.0 Å². The van der Waals surface area contributed by atoms with Crippen LogP contribution in [0.3, 0.4) is 0 Å². The maximum Gasteiger partial charge on any atom is 0.328 e. The van der Waals surface area contributed by atoms with Crippen molar-refractivity contribution in [3.63, 3.8) is 0 Å². The summed E-state index contributed by atoms with van der Waals surface area (Å²) in [5.41, 5.74) is 0. The number of fused-ring (bicyclic) bond motifs is 2. The molecular weight excluding hydrogens is 220 g/mol. The molecule has 0 saturated heterocycles. The summed E-state index contributed by atoms with van der Waals surface area (Å²) in [4.78, 5) is 4.53. The lowest BCUT2D eigenvalue weighted by Crippen LogP contribution is -2.08. The predicted octanol–water partition coefficient (Wildman–Crippen LogP) is 3.23. The SMILES string of the molecule is CCCOc1nsc(C2CC3CCC2C3)n1. The smallest absolute Gasteiger partial charge is 0.328 e. The molecule has 0 amide bonds. The zero-order valence-electron chi connectivity index (χ0n) is 9.69. The molecule has 0 radical (unpaired) electrons. The fraction of sp³-hybridized carbons (Fsp3) is 0.833. The van der Waals surface area contributed by atoms with Crippen molar-refractivity contribution in [1.29, 1.82) is 0 Å². The van der Waals surface area contributed by atoms with Crippen LogP contribution < -0.4 is 4.74 Å². The Kier molecular flexibility index (Phi) is 2.84. The van der Waals surface area contributed by atoms with E-state index in [0.29, 0.717) is 11.9 Å². The van der Waals surface area contributed by atoms with Crippen molar-refractivity contribution in [3.05, 3.63) is 5.01 Å². The lowest BCUT2D eigenvalue weighted by molar-refractivity contribution is 0.294. The van der Waals surface area contributed by atoms with Crippen LogP contribution in [0.25, 0.3) is 0 Å². The normalized spacial score (nSPS) is 32.2. The lowest BCUT2D eigenvalue weighted by Gasteiger charge is -2.18. The lowest BCUT2D eigenvalue weighted by atomic mass is 9.89. The van der Waals surface area contributed by atoms with Crippen molar-refractivity contribution in [2.75, 3.05) is 6.61 Å². The van der Waals surface area contributed by atoms with Crippen LogP contribution in [0.4, 0.5) is 0 Å². The van der Waals surface area contributed by atoms with E-state index in [4.69, 9.17) is 4.74 Å². The molecular formula is C12H18N2OS. The second kappa shape index (κ2) is 4.32. The molecule has 1 aromatic heterocycles. The number of hydrogen-bond donors (Lipinski definition) is 0. The monoisotopic (exact) mass is 238 g/mol. The number of aromatic nitrogens is 2. The van der Waals surface area contributed by atoms with E-state index in [1.54, 1.807) is 11.5 Å². The van der Waals surface area contributed by atoms with Gasteiger partial charge in [-0.3, -0.25) is 0 Å². The van der Waals surface area contributed by atoms with Gasteiger partial charge in [0.15, 0.2) is 0 Å². The number of rotatable bonds is 4. The van der Waals surface area contributed by atoms with E-state index in [-0.39, 0.29) is 0 Å². The molecule has 2 aliphatic carbocycles. The third-order valence-corrected chi connectivity index (χ3v) is 4.74. The molecule has 0 aliphatic heterocycles. The van der Waals surface area contributed by atoms with Gasteiger partial charge in [0.1, 0.15) is 5.01 Å². The zero-order valence-corrected chi connectivity index (χ0v) is 10.5. The first-order chi connectivity index (χ1) is 7.86. The highest BCUT2D eigenvalue weighted by Crippen LogP contribution is 2.53. The first-order valence-electron chi connectivity index (χ1n) is 6.33. The number of ether oxygens (including phenoxy) is 1. The Hall–Kier alpha value is -0.640. The molecule has 0 aromatic carbocycles. The molecule has 16 heavy (non-hydrogen) atoms. The van der Waals surface area contributed by atoms with Gasteiger partial charge in [-0.15, -0.1) is 4.37 Å². The first kappa shape index (κ1) is 10.5. The highest BCUT2D eigenvalue weighted by Gasteiger charge is 2.41. The maximum atomic E-state index is 5.46. The minimum Gasteiger partial charge on any atom is -0.463 e. The standard InChI is InChI=1S/C12H18N2OS/c1-2-5-15-12-13-11(16-14-12)10-7-8-3-4-9(10)6-8/h8-10H,2-7H2,1H3. The van der Waals surface area contributed by atoms with Gasteiger partial charge in [0.2, 0.25) is 0 Å². The van der Waals surface area contributed by atoms with Gasteiger partial charge in [-0.2, -0.15) is 4.98 Å². The van der Waals surface area contributed by atoms with Gasteiger partial charge in [-0.1, -0.05) is 13.3 Å². The van der Waals surface area contributed by atoms with Gasteiger partial charge in [-0.25, -0.2) is 0 Å². The molecule has 2 bridgehead atoms. The summed E-state index contributed by atoms with van der Waals surface area (Å²) in [6, 6.07) is 0.602. The van der Waals surface area contributed by atoms with Crippen molar-refractivity contribution in [1.82, 2.24) is 9.36 Å². The minimum absolute atomic E-state index is 0.602. The number of hydrogen-bond acceptors (Lipinski definition) is 4. The second-order valence-corrected chi connectivity index (χ2v) is 5.83. The van der Waals surface area contributed by atoms with Crippen LogP contribution in [0.2, 0.25) is 0 Å². The van der Waals surface area contributed by atoms with E-state index < -0.39 is 0 Å². The van der Waals surface area contributed by atoms with Crippen LogP contribution in [0, 0.1) is 11.8 Å². The summed E-state index contributed by atoms with van der Waals surface area (Å²) in [7, 11) is 0. The van der Waals surface area contributed by atoms with E-state index in [9.17, 15) is 0 Å². The Morgan fingerprint density at radius 1 is 1.38 bits per heavy atom. The molecule has 1 aromatic rings. The van der Waals surface area contributed by atoms with Gasteiger partial charge in [-0.05, 0) is 49.1 Å². The molecule has 0 N–H and O–H groups in total. The molecule has 3 unspecified atom stereocenters. The summed E-state index contributed by atoms with van der Waals surface area (Å²) < 4.78 is 9.75. The molecule has 2 fully saturated rings. The highest BCUT2D eigenvalue weighted by atomic mass is 32.1. The maximum absolute atomic E-state index is 5.46. The third kappa shape index (κ3) is 1.83. The average molecular weight is 238 g/mol. The molecule has 2 aliphatic rings. The molecule has 0 spiro atoms. The van der Waals surface area contributed by atoms with Gasteiger partial charge in [0.25, 0.3) is 0 Å². The van der Waals surface area contributed by atoms with E-state index in [2.05, 4.69) is 16.3 Å². The molecule has 4 heteroatoms.